The summed E-state index contributed by atoms with van der Waals surface area (Å²) in [5.74, 6) is 0. The first kappa shape index (κ1) is 22.1. The van der Waals surface area contributed by atoms with Crippen LogP contribution in [0, 0.1) is 13.8 Å². The van der Waals surface area contributed by atoms with Crippen LogP contribution in [-0.2, 0) is 41.8 Å². The van der Waals surface area contributed by atoms with E-state index in [2.05, 4.69) is 4.98 Å². The van der Waals surface area contributed by atoms with Gasteiger partial charge in [-0.05, 0) is 50.2 Å². The quantitative estimate of drug-likeness (QED) is 0.487. The Kier molecular flexibility index (Phi) is 6.67. The second kappa shape index (κ2) is 9.05. The molecule has 30 heavy (non-hydrogen) atoms. The molecule has 0 radical (unpaired) electrons. The van der Waals surface area contributed by atoms with E-state index >= 15 is 0 Å². The molecule has 158 valence electrons. The van der Waals surface area contributed by atoms with Gasteiger partial charge in [-0.2, -0.15) is 16.8 Å². The van der Waals surface area contributed by atoms with E-state index in [4.69, 9.17) is 8.37 Å². The summed E-state index contributed by atoms with van der Waals surface area (Å²) in [7, 11) is -7.86. The molecule has 1 aromatic heterocycles. The van der Waals surface area contributed by atoms with Crippen molar-refractivity contribution in [2.45, 2.75) is 36.9 Å². The van der Waals surface area contributed by atoms with E-state index in [-0.39, 0.29) is 23.0 Å². The molecule has 0 spiro atoms. The number of rotatable bonds is 8. The molecule has 9 heteroatoms. The van der Waals surface area contributed by atoms with Crippen LogP contribution < -0.4 is 0 Å². The van der Waals surface area contributed by atoms with Gasteiger partial charge in [0, 0.05) is 0 Å². The van der Waals surface area contributed by atoms with Crippen LogP contribution in [0.15, 0.2) is 76.5 Å². The summed E-state index contributed by atoms with van der Waals surface area (Å²) in [6.45, 7) is 3.14. The summed E-state index contributed by atoms with van der Waals surface area (Å²) in [6.07, 6.45) is 0. The predicted octanol–water partition coefficient (Wildman–Crippen LogP) is 3.51. The maximum atomic E-state index is 12.3. The number of hydrogen-bond acceptors (Lipinski definition) is 7. The Morgan fingerprint density at radius 3 is 1.37 bits per heavy atom. The van der Waals surface area contributed by atoms with Crippen LogP contribution >= 0.6 is 0 Å². The van der Waals surface area contributed by atoms with E-state index in [9.17, 15) is 16.8 Å². The van der Waals surface area contributed by atoms with Crippen molar-refractivity contribution in [2.75, 3.05) is 0 Å². The zero-order chi connectivity index (χ0) is 21.8. The van der Waals surface area contributed by atoms with Crippen LogP contribution in [0.1, 0.15) is 22.5 Å². The number of nitrogens with zero attached hydrogens (tertiary/aromatic N) is 1. The van der Waals surface area contributed by atoms with Gasteiger partial charge in [-0.25, -0.2) is 0 Å². The number of aromatic nitrogens is 1. The van der Waals surface area contributed by atoms with Gasteiger partial charge in [0.2, 0.25) is 0 Å². The van der Waals surface area contributed by atoms with Crippen LogP contribution in [-0.4, -0.2) is 21.8 Å². The molecule has 0 aliphatic carbocycles. The van der Waals surface area contributed by atoms with Gasteiger partial charge in [0.25, 0.3) is 20.2 Å². The zero-order valence-electron chi connectivity index (χ0n) is 16.5. The van der Waals surface area contributed by atoms with Crippen molar-refractivity contribution in [3.63, 3.8) is 0 Å². The Balaban J connectivity index is 1.64. The standard InChI is InChI=1S/C21H21NO6S2/c1-16-6-10-20(11-7-16)29(23,24)27-14-18-4-3-5-19(22-18)15-28-30(25,26)21-12-8-17(2)9-13-21/h3-13H,14-15H2,1-2H3. The molecule has 1 heterocycles. The summed E-state index contributed by atoms with van der Waals surface area (Å²) in [5.41, 5.74) is 2.53. The van der Waals surface area contributed by atoms with Gasteiger partial charge in [0.15, 0.2) is 0 Å². The van der Waals surface area contributed by atoms with Gasteiger partial charge in [-0.15, -0.1) is 0 Å². The highest BCUT2D eigenvalue weighted by atomic mass is 32.2. The van der Waals surface area contributed by atoms with Crippen molar-refractivity contribution in [3.05, 3.63) is 89.2 Å². The summed E-state index contributed by atoms with van der Waals surface area (Å²) < 4.78 is 59.3. The Bertz CT molecular complexity index is 1120. The minimum Gasteiger partial charge on any atom is -0.260 e. The zero-order valence-corrected chi connectivity index (χ0v) is 18.1. The Morgan fingerprint density at radius 2 is 1.00 bits per heavy atom. The fourth-order valence-corrected chi connectivity index (χ4v) is 4.27. The summed E-state index contributed by atoms with van der Waals surface area (Å²) >= 11 is 0. The monoisotopic (exact) mass is 447 g/mol. The molecule has 0 aliphatic heterocycles. The van der Waals surface area contributed by atoms with Gasteiger partial charge in [0.05, 0.1) is 21.2 Å². The van der Waals surface area contributed by atoms with Crippen molar-refractivity contribution in [1.29, 1.82) is 0 Å². The van der Waals surface area contributed by atoms with Crippen LogP contribution in [0.4, 0.5) is 0 Å². The normalized spacial score (nSPS) is 12.1. The highest BCUT2D eigenvalue weighted by Crippen LogP contribution is 2.17. The van der Waals surface area contributed by atoms with Gasteiger partial charge >= 0.3 is 0 Å². The number of benzene rings is 2. The molecule has 2 aromatic carbocycles. The SMILES string of the molecule is Cc1ccc(S(=O)(=O)OCc2cccc(COS(=O)(=O)c3ccc(C)cc3)n2)cc1. The van der Waals surface area contributed by atoms with Crippen LogP contribution in [0.2, 0.25) is 0 Å². The van der Waals surface area contributed by atoms with E-state index in [1.165, 1.54) is 24.3 Å². The van der Waals surface area contributed by atoms with Crippen molar-refractivity contribution in [3.8, 4) is 0 Å². The lowest BCUT2D eigenvalue weighted by molar-refractivity contribution is 0.294. The first-order chi connectivity index (χ1) is 14.2. The second-order valence-electron chi connectivity index (χ2n) is 6.68. The minimum absolute atomic E-state index is 0.0526. The van der Waals surface area contributed by atoms with Gasteiger partial charge in [0.1, 0.15) is 13.2 Å². The van der Waals surface area contributed by atoms with E-state index in [1.807, 2.05) is 13.8 Å². The Labute approximate surface area is 176 Å². The maximum Gasteiger partial charge on any atom is 0.297 e. The Morgan fingerprint density at radius 1 is 0.633 bits per heavy atom. The Hall–Kier alpha value is -2.59. The maximum absolute atomic E-state index is 12.3. The minimum atomic E-state index is -3.93. The van der Waals surface area contributed by atoms with Gasteiger partial charge in [-0.3, -0.25) is 13.4 Å². The lowest BCUT2D eigenvalue weighted by Gasteiger charge is -2.08. The second-order valence-corrected chi connectivity index (χ2v) is 9.91. The van der Waals surface area contributed by atoms with E-state index in [0.717, 1.165) is 11.1 Å². The molecule has 3 aromatic rings. The summed E-state index contributed by atoms with van der Waals surface area (Å²) in [5, 5.41) is 0. The fraction of sp³-hybridized carbons (Fsp3) is 0.190. The van der Waals surface area contributed by atoms with Crippen LogP contribution in [0.5, 0.6) is 0 Å². The highest BCUT2D eigenvalue weighted by molar-refractivity contribution is 7.87. The molecule has 7 nitrogen and oxygen atoms in total. The fourth-order valence-electron chi connectivity index (χ4n) is 2.51. The van der Waals surface area contributed by atoms with Gasteiger partial charge < -0.3 is 0 Å². The number of pyridine rings is 1. The van der Waals surface area contributed by atoms with E-state index in [0.29, 0.717) is 11.4 Å². The van der Waals surface area contributed by atoms with E-state index < -0.39 is 20.2 Å². The average molecular weight is 448 g/mol. The smallest absolute Gasteiger partial charge is 0.260 e. The molecule has 0 fully saturated rings. The molecular formula is C21H21NO6S2. The number of hydrogen-bond donors (Lipinski definition) is 0. The van der Waals surface area contributed by atoms with Crippen molar-refractivity contribution in [2.24, 2.45) is 0 Å². The predicted molar refractivity (Wildman–Crippen MR) is 111 cm³/mol. The first-order valence-corrected chi connectivity index (χ1v) is 11.8. The van der Waals surface area contributed by atoms with Crippen LogP contribution in [0.25, 0.3) is 0 Å². The third-order valence-corrected chi connectivity index (χ3v) is 6.76. The van der Waals surface area contributed by atoms with E-state index in [1.54, 1.807) is 42.5 Å². The van der Waals surface area contributed by atoms with Gasteiger partial charge in [-0.1, -0.05) is 41.5 Å². The van der Waals surface area contributed by atoms with Crippen molar-refractivity contribution >= 4 is 20.2 Å². The van der Waals surface area contributed by atoms with Crippen molar-refractivity contribution in [1.82, 2.24) is 4.98 Å². The molecule has 3 rings (SSSR count). The lowest BCUT2D eigenvalue weighted by atomic mass is 10.2. The summed E-state index contributed by atoms with van der Waals surface area (Å²) in [6, 6.07) is 17.4. The first-order valence-electron chi connectivity index (χ1n) is 9.03. The lowest BCUT2D eigenvalue weighted by Crippen LogP contribution is -2.10. The van der Waals surface area contributed by atoms with Crippen molar-refractivity contribution < 1.29 is 25.2 Å². The molecule has 0 unspecified atom stereocenters. The topological polar surface area (TPSA) is 99.6 Å². The molecule has 0 saturated heterocycles. The molecule has 0 amide bonds. The third-order valence-electron chi connectivity index (χ3n) is 4.21. The average Bonchev–Trinajstić information content (AvgIpc) is 2.72. The molecule has 0 saturated carbocycles. The largest absolute Gasteiger partial charge is 0.297 e. The molecular weight excluding hydrogens is 426 g/mol. The molecule has 0 N–H and O–H groups in total. The molecule has 0 aliphatic rings. The third kappa shape index (κ3) is 5.73. The number of aryl methyl sites for hydroxylation is 2. The van der Waals surface area contributed by atoms with Crippen LogP contribution in [0.3, 0.4) is 0 Å². The highest BCUT2D eigenvalue weighted by Gasteiger charge is 2.17. The molecule has 0 atom stereocenters. The summed E-state index contributed by atoms with van der Waals surface area (Å²) in [4.78, 5) is 4.32. The molecule has 0 bridgehead atoms.